The zero-order chi connectivity index (χ0) is 24.6. The van der Waals surface area contributed by atoms with Crippen molar-refractivity contribution in [1.29, 1.82) is 0 Å². The van der Waals surface area contributed by atoms with Gasteiger partial charge in [-0.3, -0.25) is 19.3 Å². The van der Waals surface area contributed by atoms with Gasteiger partial charge in [-0.2, -0.15) is 0 Å². The van der Waals surface area contributed by atoms with Crippen LogP contribution in [0.2, 0.25) is 0 Å². The molecule has 7 nitrogen and oxygen atoms in total. The fourth-order valence-corrected chi connectivity index (χ4v) is 5.33. The second-order valence-corrected chi connectivity index (χ2v) is 10.3. The highest BCUT2D eigenvalue weighted by Crippen LogP contribution is 2.43. The minimum absolute atomic E-state index is 0.0724. The van der Waals surface area contributed by atoms with Gasteiger partial charge in [-0.1, -0.05) is 13.0 Å². The van der Waals surface area contributed by atoms with Crippen molar-refractivity contribution in [2.45, 2.75) is 38.6 Å². The number of carbonyl (C=O) groups excluding carboxylic acids is 3. The summed E-state index contributed by atoms with van der Waals surface area (Å²) in [6.45, 7) is 6.35. The van der Waals surface area contributed by atoms with E-state index in [0.29, 0.717) is 22.3 Å². The number of nitrogens with one attached hydrogen (secondary N) is 1. The van der Waals surface area contributed by atoms with Crippen molar-refractivity contribution in [3.05, 3.63) is 58.5 Å². The molecule has 0 spiro atoms. The molecule has 3 amide bonds. The maximum atomic E-state index is 12.9. The van der Waals surface area contributed by atoms with Gasteiger partial charge in [-0.15, -0.1) is 0 Å². The Bertz CT molecular complexity index is 1170. The van der Waals surface area contributed by atoms with E-state index in [-0.39, 0.29) is 12.1 Å². The Morgan fingerprint density at radius 2 is 1.91 bits per heavy atom. The van der Waals surface area contributed by atoms with E-state index in [4.69, 9.17) is 4.74 Å². The number of benzene rings is 2. The van der Waals surface area contributed by atoms with Gasteiger partial charge in [0.05, 0.1) is 12.0 Å². The first-order valence-corrected chi connectivity index (χ1v) is 12.0. The first-order chi connectivity index (χ1) is 16.1. The second-order valence-electron chi connectivity index (χ2n) is 9.34. The third-order valence-electron chi connectivity index (χ3n) is 6.50. The zero-order valence-electron chi connectivity index (χ0n) is 20.0. The summed E-state index contributed by atoms with van der Waals surface area (Å²) in [5.41, 5.74) is 3.91. The quantitative estimate of drug-likeness (QED) is 0.602. The molecule has 2 aliphatic heterocycles. The number of hydrogen-bond donors (Lipinski definition) is 1. The molecule has 0 aromatic heterocycles. The lowest BCUT2D eigenvalue weighted by Gasteiger charge is -2.45. The van der Waals surface area contributed by atoms with Gasteiger partial charge in [0.2, 0.25) is 5.91 Å². The van der Waals surface area contributed by atoms with Gasteiger partial charge < -0.3 is 15.0 Å². The molecule has 0 aliphatic carbocycles. The molecule has 1 atom stereocenters. The molecule has 4 rings (SSSR count). The van der Waals surface area contributed by atoms with Gasteiger partial charge in [0.25, 0.3) is 11.1 Å². The Kier molecular flexibility index (Phi) is 6.45. The van der Waals surface area contributed by atoms with Gasteiger partial charge in [0.1, 0.15) is 12.3 Å². The third-order valence-corrected chi connectivity index (χ3v) is 7.41. The van der Waals surface area contributed by atoms with Crippen LogP contribution in [-0.2, 0) is 9.59 Å². The molecule has 1 unspecified atom stereocenters. The summed E-state index contributed by atoms with van der Waals surface area (Å²) in [4.78, 5) is 41.4. The number of fused-ring (bicyclic) bond motifs is 1. The Balaban J connectivity index is 1.47. The van der Waals surface area contributed by atoms with E-state index in [0.717, 1.165) is 28.6 Å². The molecule has 1 fully saturated rings. The largest absolute Gasteiger partial charge is 0.497 e. The monoisotopic (exact) mass is 479 g/mol. The lowest BCUT2D eigenvalue weighted by atomic mass is 9.80. The minimum Gasteiger partial charge on any atom is -0.497 e. The van der Waals surface area contributed by atoms with E-state index in [1.54, 1.807) is 37.5 Å². The highest BCUT2D eigenvalue weighted by Gasteiger charge is 2.37. The molecular formula is C26H29N3O4S. The van der Waals surface area contributed by atoms with Crippen molar-refractivity contribution in [1.82, 2.24) is 4.90 Å². The van der Waals surface area contributed by atoms with Gasteiger partial charge >= 0.3 is 0 Å². The van der Waals surface area contributed by atoms with Crippen molar-refractivity contribution in [2.24, 2.45) is 0 Å². The van der Waals surface area contributed by atoms with Gasteiger partial charge in [-0.25, -0.2) is 0 Å². The first-order valence-electron chi connectivity index (χ1n) is 11.2. The summed E-state index contributed by atoms with van der Waals surface area (Å²) in [7, 11) is 3.66. The molecule has 1 saturated heterocycles. The van der Waals surface area contributed by atoms with Crippen LogP contribution in [-0.4, -0.2) is 48.2 Å². The molecule has 0 saturated carbocycles. The van der Waals surface area contributed by atoms with Crippen LogP contribution in [0.5, 0.6) is 5.75 Å². The number of imide groups is 1. The summed E-state index contributed by atoms with van der Waals surface area (Å²) < 4.78 is 5.10. The lowest BCUT2D eigenvalue weighted by Crippen LogP contribution is -2.45. The highest BCUT2D eigenvalue weighted by molar-refractivity contribution is 8.18. The number of anilines is 2. The average molecular weight is 480 g/mol. The first kappa shape index (κ1) is 23.9. The van der Waals surface area contributed by atoms with Crippen LogP contribution in [0, 0.1) is 0 Å². The maximum absolute atomic E-state index is 12.9. The summed E-state index contributed by atoms with van der Waals surface area (Å²) in [6, 6.07) is 13.0. The topological polar surface area (TPSA) is 79.0 Å². The third kappa shape index (κ3) is 4.68. The number of nitrogens with zero attached hydrogens (tertiary/aromatic N) is 2. The molecule has 0 bridgehead atoms. The summed E-state index contributed by atoms with van der Waals surface area (Å²) in [6.07, 6.45) is 2.76. The van der Waals surface area contributed by atoms with Crippen LogP contribution in [0.25, 0.3) is 6.08 Å². The summed E-state index contributed by atoms with van der Waals surface area (Å²) >= 11 is 0.860. The van der Waals surface area contributed by atoms with E-state index in [1.807, 2.05) is 6.07 Å². The Morgan fingerprint density at radius 3 is 2.59 bits per heavy atom. The van der Waals surface area contributed by atoms with Crippen molar-refractivity contribution in [3.63, 3.8) is 0 Å². The average Bonchev–Trinajstić information content (AvgIpc) is 3.05. The molecule has 2 heterocycles. The highest BCUT2D eigenvalue weighted by atomic mass is 32.2. The number of hydrogen-bond acceptors (Lipinski definition) is 6. The molecule has 8 heteroatoms. The Morgan fingerprint density at radius 1 is 1.21 bits per heavy atom. The van der Waals surface area contributed by atoms with Crippen LogP contribution >= 0.6 is 11.8 Å². The Hall–Kier alpha value is -3.26. The molecule has 178 valence electrons. The van der Waals surface area contributed by atoms with E-state index < -0.39 is 17.1 Å². The van der Waals surface area contributed by atoms with Crippen LogP contribution in [0.3, 0.4) is 0 Å². The lowest BCUT2D eigenvalue weighted by molar-refractivity contribution is -0.127. The SMILES string of the molecule is COc1ccc(NC(=O)CN2C(=O)S/C(=C\c3ccc4c(c3)C(C)CC(C)(C)N4C)C2=O)cc1. The molecule has 0 radical (unpaired) electrons. The second kappa shape index (κ2) is 9.18. The fraction of sp³-hybridized carbons (Fsp3) is 0.346. The molecule has 34 heavy (non-hydrogen) atoms. The Labute approximate surface area is 204 Å². The smallest absolute Gasteiger partial charge is 0.294 e. The molecule has 2 aromatic rings. The van der Waals surface area contributed by atoms with Crippen LogP contribution in [0.4, 0.5) is 16.2 Å². The minimum atomic E-state index is -0.455. The fourth-order valence-electron chi connectivity index (χ4n) is 4.49. The number of rotatable bonds is 5. The zero-order valence-corrected chi connectivity index (χ0v) is 20.9. The maximum Gasteiger partial charge on any atom is 0.294 e. The van der Waals surface area contributed by atoms with Crippen LogP contribution in [0.15, 0.2) is 47.4 Å². The number of ether oxygens (including phenoxy) is 1. The predicted molar refractivity (Wildman–Crippen MR) is 136 cm³/mol. The normalized spacial score (nSPS) is 20.5. The molecule has 2 aliphatic rings. The van der Waals surface area contributed by atoms with Crippen LogP contribution in [0.1, 0.15) is 44.2 Å². The van der Waals surface area contributed by atoms with Crippen molar-refractivity contribution >= 4 is 46.3 Å². The number of amides is 3. The van der Waals surface area contributed by atoms with Crippen LogP contribution < -0.4 is 15.0 Å². The summed E-state index contributed by atoms with van der Waals surface area (Å²) in [5.74, 6) is 0.151. The number of carbonyl (C=O) groups is 3. The van der Waals surface area contributed by atoms with E-state index in [2.05, 4.69) is 50.2 Å². The van der Waals surface area contributed by atoms with E-state index in [1.165, 1.54) is 11.3 Å². The van der Waals surface area contributed by atoms with Crippen molar-refractivity contribution < 1.29 is 19.1 Å². The number of methoxy groups -OCH3 is 1. The van der Waals surface area contributed by atoms with Gasteiger partial charge in [-0.05, 0) is 91.5 Å². The molecule has 1 N–H and O–H groups in total. The summed E-state index contributed by atoms with van der Waals surface area (Å²) in [5, 5.41) is 2.25. The van der Waals surface area contributed by atoms with E-state index in [9.17, 15) is 14.4 Å². The van der Waals surface area contributed by atoms with Crippen molar-refractivity contribution in [2.75, 3.05) is 30.9 Å². The number of thioether (sulfide) groups is 1. The van der Waals surface area contributed by atoms with Crippen molar-refractivity contribution in [3.8, 4) is 5.75 Å². The van der Waals surface area contributed by atoms with E-state index >= 15 is 0 Å². The molecular weight excluding hydrogens is 450 g/mol. The molecule has 2 aromatic carbocycles. The standard InChI is InChI=1S/C26H29N3O4S/c1-16-14-26(2,3)28(4)21-11-6-17(12-20(16)21)13-22-24(31)29(25(32)34-22)15-23(30)27-18-7-9-19(33-5)10-8-18/h6-13,16H,14-15H2,1-5H3,(H,27,30)/b22-13-. The predicted octanol–water partition coefficient (Wildman–Crippen LogP) is 5.09. The van der Waals surface area contributed by atoms with Gasteiger partial charge in [0.15, 0.2) is 0 Å². The van der Waals surface area contributed by atoms with Gasteiger partial charge in [0, 0.05) is 24.0 Å².